The molecule has 0 aromatic carbocycles. The quantitative estimate of drug-likeness (QED) is 0.741. The number of hydrogen-bond donors (Lipinski definition) is 1. The maximum absolute atomic E-state index is 13.6. The SMILES string of the molecule is Cc1nonc1C(=O)N[C@H](c1cn2nccnc2n1)C1CCC(F)(F)CC1. The molecule has 0 aliphatic heterocycles. The molecule has 0 radical (unpaired) electrons. The van der Waals surface area contributed by atoms with Crippen molar-refractivity contribution < 1.29 is 18.2 Å². The Hall–Kier alpha value is -2.98. The fourth-order valence-electron chi connectivity index (χ4n) is 3.38. The summed E-state index contributed by atoms with van der Waals surface area (Å²) in [7, 11) is 0. The van der Waals surface area contributed by atoms with Crippen LogP contribution in [0, 0.1) is 12.8 Å². The van der Waals surface area contributed by atoms with Crippen molar-refractivity contribution in [1.29, 1.82) is 0 Å². The molecule has 3 heterocycles. The van der Waals surface area contributed by atoms with Gasteiger partial charge in [0.1, 0.15) is 5.69 Å². The van der Waals surface area contributed by atoms with Crippen molar-refractivity contribution in [2.24, 2.45) is 5.92 Å². The summed E-state index contributed by atoms with van der Waals surface area (Å²) in [6.45, 7) is 1.60. The molecule has 3 aromatic rings. The van der Waals surface area contributed by atoms with Crippen LogP contribution >= 0.6 is 0 Å². The molecule has 0 bridgehead atoms. The smallest absolute Gasteiger partial charge is 0.276 e. The maximum Gasteiger partial charge on any atom is 0.276 e. The first-order valence-electron chi connectivity index (χ1n) is 8.57. The minimum atomic E-state index is -2.67. The third-order valence-electron chi connectivity index (χ3n) is 4.84. The maximum atomic E-state index is 13.6. The number of carbonyl (C=O) groups excluding carboxylic acids is 1. The van der Waals surface area contributed by atoms with Crippen LogP contribution in [0.3, 0.4) is 0 Å². The van der Waals surface area contributed by atoms with Gasteiger partial charge in [-0.25, -0.2) is 27.9 Å². The fraction of sp³-hybridized carbons (Fsp3) is 0.500. The molecule has 0 spiro atoms. The minimum Gasteiger partial charge on any atom is -0.342 e. The summed E-state index contributed by atoms with van der Waals surface area (Å²) in [4.78, 5) is 21.1. The molecule has 1 amide bonds. The molecule has 1 aliphatic carbocycles. The second-order valence-electron chi connectivity index (χ2n) is 6.70. The monoisotopic (exact) mass is 377 g/mol. The molecule has 0 unspecified atom stereocenters. The van der Waals surface area contributed by atoms with Gasteiger partial charge in [0, 0.05) is 12.8 Å². The van der Waals surface area contributed by atoms with E-state index in [1.165, 1.54) is 16.9 Å². The number of rotatable bonds is 4. The van der Waals surface area contributed by atoms with Crippen LogP contribution in [-0.2, 0) is 0 Å². The highest BCUT2D eigenvalue weighted by Crippen LogP contribution is 2.41. The highest BCUT2D eigenvalue weighted by molar-refractivity contribution is 5.93. The Morgan fingerprint density at radius 1 is 1.33 bits per heavy atom. The molecule has 3 aromatic heterocycles. The predicted octanol–water partition coefficient (Wildman–Crippen LogP) is 2.11. The summed E-state index contributed by atoms with van der Waals surface area (Å²) < 4.78 is 33.2. The number of fused-ring (bicyclic) bond motifs is 1. The molecular formula is C16H17F2N7O2. The van der Waals surface area contributed by atoms with Crippen molar-refractivity contribution in [1.82, 2.24) is 35.2 Å². The summed E-state index contributed by atoms with van der Waals surface area (Å²) in [6, 6.07) is -0.576. The number of aromatic nitrogens is 6. The average Bonchev–Trinajstić information content (AvgIpc) is 3.25. The zero-order valence-electron chi connectivity index (χ0n) is 14.5. The molecule has 27 heavy (non-hydrogen) atoms. The van der Waals surface area contributed by atoms with Crippen LogP contribution in [0.25, 0.3) is 5.78 Å². The van der Waals surface area contributed by atoms with E-state index in [0.717, 1.165) is 0 Å². The molecular weight excluding hydrogens is 360 g/mol. The lowest BCUT2D eigenvalue weighted by molar-refractivity contribution is -0.0495. The number of carbonyl (C=O) groups is 1. The summed E-state index contributed by atoms with van der Waals surface area (Å²) in [6.07, 6.45) is 4.75. The molecule has 1 fully saturated rings. The second kappa shape index (κ2) is 6.63. The first-order valence-corrected chi connectivity index (χ1v) is 8.57. The van der Waals surface area contributed by atoms with Gasteiger partial charge < -0.3 is 5.32 Å². The van der Waals surface area contributed by atoms with Crippen LogP contribution < -0.4 is 5.32 Å². The van der Waals surface area contributed by atoms with E-state index >= 15 is 0 Å². The Labute approximate surface area is 152 Å². The Bertz CT molecular complexity index is 927. The number of halogens is 2. The van der Waals surface area contributed by atoms with Crippen molar-refractivity contribution >= 4 is 11.7 Å². The van der Waals surface area contributed by atoms with E-state index in [0.29, 0.717) is 17.2 Å². The molecule has 1 N–H and O–H groups in total. The lowest BCUT2D eigenvalue weighted by atomic mass is 9.81. The van der Waals surface area contributed by atoms with E-state index < -0.39 is 17.9 Å². The molecule has 4 rings (SSSR count). The molecule has 0 saturated heterocycles. The Kier molecular flexibility index (Phi) is 4.28. The standard InChI is InChI=1S/C16H17F2N7O2/c1-9-12(24-27-23-9)14(26)22-13(10-2-4-16(17,18)5-3-10)11-8-25-15(21-11)19-6-7-20-25/h6-8,10,13H,2-5H2,1H3,(H,22,26)/t13-/m0/s1. The van der Waals surface area contributed by atoms with Crippen LogP contribution in [0.15, 0.2) is 23.2 Å². The van der Waals surface area contributed by atoms with E-state index in [1.807, 2.05) is 0 Å². The number of imidazole rings is 1. The van der Waals surface area contributed by atoms with Crippen LogP contribution in [-0.4, -0.2) is 41.7 Å². The lowest BCUT2D eigenvalue weighted by Gasteiger charge is -2.33. The van der Waals surface area contributed by atoms with Crippen LogP contribution in [0.1, 0.15) is 53.6 Å². The number of amides is 1. The highest BCUT2D eigenvalue weighted by Gasteiger charge is 2.39. The van der Waals surface area contributed by atoms with Crippen molar-refractivity contribution in [3.05, 3.63) is 35.7 Å². The molecule has 142 valence electrons. The lowest BCUT2D eigenvalue weighted by Crippen LogP contribution is -2.37. The zero-order chi connectivity index (χ0) is 19.0. The van der Waals surface area contributed by atoms with E-state index in [4.69, 9.17) is 0 Å². The largest absolute Gasteiger partial charge is 0.342 e. The van der Waals surface area contributed by atoms with Crippen LogP contribution in [0.5, 0.6) is 0 Å². The molecule has 1 atom stereocenters. The Balaban J connectivity index is 1.64. The zero-order valence-corrected chi connectivity index (χ0v) is 14.5. The summed E-state index contributed by atoms with van der Waals surface area (Å²) in [5.74, 6) is -2.99. The third-order valence-corrected chi connectivity index (χ3v) is 4.84. The van der Waals surface area contributed by atoms with Gasteiger partial charge in [0.05, 0.1) is 30.3 Å². The van der Waals surface area contributed by atoms with Gasteiger partial charge in [-0.05, 0) is 30.8 Å². The first-order chi connectivity index (χ1) is 12.9. The van der Waals surface area contributed by atoms with Gasteiger partial charge in [0.2, 0.25) is 5.92 Å². The third kappa shape index (κ3) is 3.49. The topological polar surface area (TPSA) is 111 Å². The summed E-state index contributed by atoms with van der Waals surface area (Å²) >= 11 is 0. The normalized spacial score (nSPS) is 18.5. The number of nitrogens with one attached hydrogen (secondary N) is 1. The number of alkyl halides is 2. The average molecular weight is 377 g/mol. The van der Waals surface area contributed by atoms with Gasteiger partial charge in [-0.2, -0.15) is 5.10 Å². The Morgan fingerprint density at radius 2 is 2.11 bits per heavy atom. The van der Waals surface area contributed by atoms with E-state index in [-0.39, 0.29) is 37.3 Å². The number of aryl methyl sites for hydroxylation is 1. The molecule has 9 nitrogen and oxygen atoms in total. The van der Waals surface area contributed by atoms with Crippen molar-refractivity contribution in [3.63, 3.8) is 0 Å². The van der Waals surface area contributed by atoms with Crippen molar-refractivity contribution in [3.8, 4) is 0 Å². The van der Waals surface area contributed by atoms with Gasteiger partial charge in [0.25, 0.3) is 11.7 Å². The molecule has 1 saturated carbocycles. The van der Waals surface area contributed by atoms with Gasteiger partial charge in [-0.15, -0.1) is 0 Å². The Morgan fingerprint density at radius 3 is 2.78 bits per heavy atom. The number of hydrogen-bond acceptors (Lipinski definition) is 7. The summed E-state index contributed by atoms with van der Waals surface area (Å²) in [5.41, 5.74) is 0.916. The van der Waals surface area contributed by atoms with E-state index in [9.17, 15) is 13.6 Å². The van der Waals surface area contributed by atoms with E-state index in [1.54, 1.807) is 13.1 Å². The second-order valence-corrected chi connectivity index (χ2v) is 6.70. The molecule has 11 heteroatoms. The first kappa shape index (κ1) is 17.4. The number of nitrogens with zero attached hydrogens (tertiary/aromatic N) is 6. The van der Waals surface area contributed by atoms with Crippen LogP contribution in [0.4, 0.5) is 8.78 Å². The van der Waals surface area contributed by atoms with Gasteiger partial charge in [-0.3, -0.25) is 4.79 Å². The van der Waals surface area contributed by atoms with E-state index in [2.05, 4.69) is 35.3 Å². The van der Waals surface area contributed by atoms with Crippen molar-refractivity contribution in [2.75, 3.05) is 0 Å². The van der Waals surface area contributed by atoms with Crippen LogP contribution in [0.2, 0.25) is 0 Å². The molecule has 1 aliphatic rings. The minimum absolute atomic E-state index is 0.0566. The summed E-state index contributed by atoms with van der Waals surface area (Å²) in [5, 5.41) is 14.2. The van der Waals surface area contributed by atoms with Gasteiger partial charge in [-0.1, -0.05) is 5.16 Å². The highest BCUT2D eigenvalue weighted by atomic mass is 19.3. The van der Waals surface area contributed by atoms with Crippen molar-refractivity contribution in [2.45, 2.75) is 44.6 Å². The van der Waals surface area contributed by atoms with Gasteiger partial charge >= 0.3 is 0 Å². The van der Waals surface area contributed by atoms with Gasteiger partial charge in [0.15, 0.2) is 5.69 Å². The predicted molar refractivity (Wildman–Crippen MR) is 86.9 cm³/mol. The fourth-order valence-corrected chi connectivity index (χ4v) is 3.38.